The van der Waals surface area contributed by atoms with Crippen LogP contribution in [0.3, 0.4) is 0 Å². The van der Waals surface area contributed by atoms with Gasteiger partial charge in [-0.2, -0.15) is 0 Å². The largest absolute Gasteiger partial charge is 0.494 e. The molecule has 1 aliphatic heterocycles. The number of aromatic nitrogens is 2. The quantitative estimate of drug-likeness (QED) is 0.213. The molecule has 39 heavy (non-hydrogen) atoms. The topological polar surface area (TPSA) is 108 Å². The van der Waals surface area contributed by atoms with Crippen molar-refractivity contribution in [2.45, 2.75) is 31.9 Å². The van der Waals surface area contributed by atoms with E-state index in [1.54, 1.807) is 6.20 Å². The summed E-state index contributed by atoms with van der Waals surface area (Å²) >= 11 is 8.46. The predicted octanol–water partition coefficient (Wildman–Crippen LogP) is 4.61. The van der Waals surface area contributed by atoms with E-state index in [9.17, 15) is 9.90 Å². The van der Waals surface area contributed by atoms with Gasteiger partial charge in [0.25, 0.3) is 0 Å². The summed E-state index contributed by atoms with van der Waals surface area (Å²) in [5, 5.41) is 22.9. The van der Waals surface area contributed by atoms with Gasteiger partial charge in [0.05, 0.1) is 34.7 Å². The molecule has 2 aromatic heterocycles. The van der Waals surface area contributed by atoms with Gasteiger partial charge in [-0.15, -0.1) is 11.3 Å². The zero-order chi connectivity index (χ0) is 27.2. The van der Waals surface area contributed by atoms with E-state index in [-0.39, 0.29) is 12.6 Å². The molecule has 1 saturated heterocycles. The number of hydrogen-bond acceptors (Lipinski definition) is 8. The third kappa shape index (κ3) is 7.12. The van der Waals surface area contributed by atoms with Crippen molar-refractivity contribution in [1.82, 2.24) is 20.2 Å². The summed E-state index contributed by atoms with van der Waals surface area (Å²) in [6, 6.07) is 15.9. The number of benzene rings is 2. The Morgan fingerprint density at radius 3 is 2.92 bits per heavy atom. The second kappa shape index (κ2) is 12.8. The third-order valence-electron chi connectivity index (χ3n) is 6.70. The second-order valence-electron chi connectivity index (χ2n) is 9.64. The van der Waals surface area contributed by atoms with E-state index in [0.717, 1.165) is 75.8 Å². The molecule has 4 aromatic rings. The summed E-state index contributed by atoms with van der Waals surface area (Å²) in [6.45, 7) is 3.51. The number of thiazole rings is 1. The van der Waals surface area contributed by atoms with E-state index in [0.29, 0.717) is 24.6 Å². The zero-order valence-corrected chi connectivity index (χ0v) is 23.0. The van der Waals surface area contributed by atoms with Gasteiger partial charge in [-0.05, 0) is 42.2 Å². The molecule has 10 heteroatoms. The van der Waals surface area contributed by atoms with E-state index >= 15 is 0 Å². The molecule has 0 radical (unpaired) electrons. The van der Waals surface area contributed by atoms with E-state index in [1.807, 2.05) is 48.5 Å². The monoisotopic (exact) mass is 566 g/mol. The highest BCUT2D eigenvalue weighted by molar-refractivity contribution is 7.18. The standard InChI is InChI=1S/C29H31ClN4O4S/c30-28-20(15-24-29-25(8-10-32-24)39-26(33-29)16-31-17-27(36)37)5-2-7-23(28)19-4-1-6-22(14-19)38-13-3-11-34-12-9-21(35)18-34/h1-2,4-8,10,14,21,31,35H,3,9,11-13,15-18H2,(H,36,37). The molecular weight excluding hydrogens is 536 g/mol. The number of aliphatic hydroxyl groups is 1. The Balaban J connectivity index is 1.27. The summed E-state index contributed by atoms with van der Waals surface area (Å²) in [4.78, 5) is 22.4. The number of ether oxygens (including phenoxy) is 1. The molecule has 0 aliphatic carbocycles. The molecule has 3 N–H and O–H groups in total. The van der Waals surface area contributed by atoms with Crippen LogP contribution in [0, 0.1) is 0 Å². The van der Waals surface area contributed by atoms with Gasteiger partial charge in [-0.3, -0.25) is 9.78 Å². The molecule has 0 amide bonds. The Kier molecular flexibility index (Phi) is 9.06. The maximum Gasteiger partial charge on any atom is 0.317 e. The Labute approximate surface area is 236 Å². The van der Waals surface area contributed by atoms with Crippen LogP contribution in [-0.4, -0.2) is 69.9 Å². The predicted molar refractivity (Wildman–Crippen MR) is 154 cm³/mol. The molecule has 1 fully saturated rings. The lowest BCUT2D eigenvalue weighted by molar-refractivity contribution is -0.136. The Hall–Kier alpha value is -3.08. The van der Waals surface area contributed by atoms with E-state index in [2.05, 4.69) is 15.2 Å². The number of carbonyl (C=O) groups is 1. The van der Waals surface area contributed by atoms with Crippen molar-refractivity contribution >= 4 is 39.1 Å². The first-order valence-electron chi connectivity index (χ1n) is 13.0. The number of β-amino-alcohol motifs (C(OH)–C–C–N with tert-alkyl or cyclic N) is 1. The number of aliphatic hydroxyl groups excluding tert-OH is 1. The van der Waals surface area contributed by atoms with Crippen molar-refractivity contribution < 1.29 is 19.7 Å². The molecule has 0 bridgehead atoms. The van der Waals surface area contributed by atoms with Gasteiger partial charge in [0, 0.05) is 44.4 Å². The lowest BCUT2D eigenvalue weighted by Crippen LogP contribution is -2.24. The van der Waals surface area contributed by atoms with Crippen LogP contribution in [0.4, 0.5) is 0 Å². The summed E-state index contributed by atoms with van der Waals surface area (Å²) in [5.41, 5.74) is 4.50. The maximum absolute atomic E-state index is 10.8. The minimum Gasteiger partial charge on any atom is -0.494 e. The molecule has 0 spiro atoms. The number of carboxylic acid groups (broad SMARTS) is 1. The Morgan fingerprint density at radius 1 is 1.23 bits per heavy atom. The maximum atomic E-state index is 10.8. The second-order valence-corrected chi connectivity index (χ2v) is 11.1. The average Bonchev–Trinajstić information content (AvgIpc) is 3.54. The van der Waals surface area contributed by atoms with Crippen molar-refractivity contribution in [3.63, 3.8) is 0 Å². The first-order chi connectivity index (χ1) is 19.0. The Morgan fingerprint density at radius 2 is 2.10 bits per heavy atom. The highest BCUT2D eigenvalue weighted by Crippen LogP contribution is 2.34. The highest BCUT2D eigenvalue weighted by atomic mass is 35.5. The van der Waals surface area contributed by atoms with Crippen molar-refractivity contribution in [1.29, 1.82) is 0 Å². The van der Waals surface area contributed by atoms with Crippen LogP contribution in [0.1, 0.15) is 29.1 Å². The summed E-state index contributed by atoms with van der Waals surface area (Å²) in [7, 11) is 0. The third-order valence-corrected chi connectivity index (χ3v) is 8.16. The number of pyridine rings is 1. The van der Waals surface area contributed by atoms with E-state index in [1.165, 1.54) is 11.3 Å². The van der Waals surface area contributed by atoms with Gasteiger partial charge in [0.2, 0.25) is 0 Å². The Bertz CT molecular complexity index is 1450. The van der Waals surface area contributed by atoms with Crippen LogP contribution in [0.25, 0.3) is 21.3 Å². The number of aliphatic carboxylic acids is 1. The molecule has 0 saturated carbocycles. The highest BCUT2D eigenvalue weighted by Gasteiger charge is 2.19. The number of fused-ring (bicyclic) bond motifs is 1. The molecule has 8 nitrogen and oxygen atoms in total. The summed E-state index contributed by atoms with van der Waals surface area (Å²) < 4.78 is 7.03. The smallest absolute Gasteiger partial charge is 0.317 e. The normalized spacial score (nSPS) is 15.7. The van der Waals surface area contributed by atoms with Gasteiger partial charge < -0.3 is 25.2 Å². The lowest BCUT2D eigenvalue weighted by atomic mass is 10.00. The fourth-order valence-corrected chi connectivity index (χ4v) is 6.06. The summed E-state index contributed by atoms with van der Waals surface area (Å²) in [6.07, 6.45) is 3.86. The van der Waals surface area contributed by atoms with Crippen LogP contribution in [0.2, 0.25) is 5.02 Å². The number of nitrogens with one attached hydrogen (secondary N) is 1. The molecule has 1 aliphatic rings. The first-order valence-corrected chi connectivity index (χ1v) is 14.2. The number of rotatable bonds is 12. The van der Waals surface area contributed by atoms with Crippen molar-refractivity contribution in [2.24, 2.45) is 0 Å². The lowest BCUT2D eigenvalue weighted by Gasteiger charge is -2.15. The van der Waals surface area contributed by atoms with Crippen LogP contribution < -0.4 is 10.1 Å². The first kappa shape index (κ1) is 27.5. The van der Waals surface area contributed by atoms with Crippen molar-refractivity contribution in [2.75, 3.05) is 32.8 Å². The number of hydrogen-bond donors (Lipinski definition) is 3. The number of carboxylic acids is 1. The van der Waals surface area contributed by atoms with Gasteiger partial charge in [0.15, 0.2) is 0 Å². The van der Waals surface area contributed by atoms with Crippen LogP contribution in [0.15, 0.2) is 54.7 Å². The minimum atomic E-state index is -0.899. The van der Waals surface area contributed by atoms with E-state index < -0.39 is 5.97 Å². The molecular formula is C29H31ClN4O4S. The average molecular weight is 567 g/mol. The number of halogens is 1. The van der Waals surface area contributed by atoms with Gasteiger partial charge in [-0.1, -0.05) is 41.9 Å². The molecule has 204 valence electrons. The summed E-state index contributed by atoms with van der Waals surface area (Å²) in [5.74, 6) is -0.0995. The fraction of sp³-hybridized carbons (Fsp3) is 0.345. The fourth-order valence-electron chi connectivity index (χ4n) is 4.80. The molecule has 2 aromatic carbocycles. The number of nitrogens with zero attached hydrogens (tertiary/aromatic N) is 3. The minimum absolute atomic E-state index is 0.112. The van der Waals surface area contributed by atoms with Crippen LogP contribution in [-0.2, 0) is 17.8 Å². The molecule has 3 heterocycles. The van der Waals surface area contributed by atoms with Gasteiger partial charge in [-0.25, -0.2) is 4.98 Å². The van der Waals surface area contributed by atoms with Crippen molar-refractivity contribution in [3.05, 3.63) is 76.0 Å². The molecule has 1 unspecified atom stereocenters. The van der Waals surface area contributed by atoms with Gasteiger partial charge >= 0.3 is 5.97 Å². The van der Waals surface area contributed by atoms with Gasteiger partial charge in [0.1, 0.15) is 16.3 Å². The zero-order valence-electron chi connectivity index (χ0n) is 21.5. The molecule has 1 atom stereocenters. The van der Waals surface area contributed by atoms with Crippen molar-refractivity contribution in [3.8, 4) is 16.9 Å². The van der Waals surface area contributed by atoms with Crippen LogP contribution >= 0.6 is 22.9 Å². The molecule has 5 rings (SSSR count). The SMILES string of the molecule is O=C(O)CNCc1nc2c(Cc3cccc(-c4cccc(OCCCN5CCC(O)C5)c4)c3Cl)nccc2s1. The van der Waals surface area contributed by atoms with E-state index in [4.69, 9.17) is 26.4 Å². The van der Waals surface area contributed by atoms with Crippen LogP contribution in [0.5, 0.6) is 5.75 Å². The number of likely N-dealkylation sites (tertiary alicyclic amines) is 1.